The summed E-state index contributed by atoms with van der Waals surface area (Å²) in [5.74, 6) is -4.90. The Morgan fingerprint density at radius 2 is 1.50 bits per heavy atom. The lowest BCUT2D eigenvalue weighted by atomic mass is 10.3. The number of nitrogens with zero attached hydrogens (tertiary/aromatic N) is 2. The Labute approximate surface area is 128 Å². The van der Waals surface area contributed by atoms with Crippen molar-refractivity contribution < 1.29 is 31.3 Å². The Bertz CT molecular complexity index is 381. The second-order valence-corrected chi connectivity index (χ2v) is 4.59. The van der Waals surface area contributed by atoms with Crippen molar-refractivity contribution in [1.29, 1.82) is 0 Å². The van der Waals surface area contributed by atoms with Crippen molar-refractivity contribution in [3.05, 3.63) is 12.0 Å². The highest BCUT2D eigenvalue weighted by Gasteiger charge is 2.58. The standard InChI is InChI=1S/C14H24F5N2O/c1-5-20(6-2)9-12(10-21(7-3)8-4)22-11-13(15,16)14(17,18)19/h9-10H,5-8,11H2,1-4H3/q+1. The molecule has 0 aromatic carbocycles. The maximum atomic E-state index is 13.0. The molecule has 0 saturated carbocycles. The van der Waals surface area contributed by atoms with E-state index in [1.54, 1.807) is 9.48 Å². The highest BCUT2D eigenvalue weighted by Crippen LogP contribution is 2.35. The van der Waals surface area contributed by atoms with Crippen molar-refractivity contribution in [3.63, 3.8) is 0 Å². The summed E-state index contributed by atoms with van der Waals surface area (Å²) in [6, 6.07) is 0. The Balaban J connectivity index is 5.23. The van der Waals surface area contributed by atoms with Gasteiger partial charge in [-0.05, 0) is 27.7 Å². The number of hydrogen-bond donors (Lipinski definition) is 0. The van der Waals surface area contributed by atoms with Crippen LogP contribution in [0.3, 0.4) is 0 Å². The third kappa shape index (κ3) is 6.62. The average molecular weight is 331 g/mol. The van der Waals surface area contributed by atoms with Crippen molar-refractivity contribution in [1.82, 2.24) is 4.90 Å². The topological polar surface area (TPSA) is 15.5 Å². The summed E-state index contributed by atoms with van der Waals surface area (Å²) in [5.41, 5.74) is 0. The van der Waals surface area contributed by atoms with Gasteiger partial charge >= 0.3 is 12.1 Å². The molecule has 0 radical (unpaired) electrons. The molecule has 3 nitrogen and oxygen atoms in total. The van der Waals surface area contributed by atoms with E-state index in [-0.39, 0.29) is 5.76 Å². The zero-order valence-corrected chi connectivity index (χ0v) is 13.4. The number of allylic oxidation sites excluding steroid dienone is 1. The van der Waals surface area contributed by atoms with Crippen molar-refractivity contribution in [2.75, 3.05) is 32.8 Å². The first-order valence-corrected chi connectivity index (χ1v) is 7.23. The summed E-state index contributed by atoms with van der Waals surface area (Å²) in [4.78, 5) is 1.75. The first-order valence-electron chi connectivity index (χ1n) is 7.23. The molecule has 0 unspecified atom stereocenters. The number of rotatable bonds is 9. The molecule has 130 valence electrons. The monoisotopic (exact) mass is 331 g/mol. The zero-order chi connectivity index (χ0) is 17.4. The van der Waals surface area contributed by atoms with Gasteiger partial charge in [-0.1, -0.05) is 0 Å². The van der Waals surface area contributed by atoms with E-state index in [1.807, 2.05) is 27.7 Å². The van der Waals surface area contributed by atoms with Crippen LogP contribution >= 0.6 is 0 Å². The minimum absolute atomic E-state index is 0.0173. The van der Waals surface area contributed by atoms with Crippen molar-refractivity contribution in [3.8, 4) is 0 Å². The van der Waals surface area contributed by atoms with E-state index < -0.39 is 18.7 Å². The summed E-state index contributed by atoms with van der Waals surface area (Å²) in [7, 11) is 0. The SMILES string of the molecule is CCN(/C=C(/C=[N+](CC)CC)OCC(F)(F)C(F)(F)F)CC. The third-order valence-corrected chi connectivity index (χ3v) is 3.08. The Kier molecular flexibility index (Phi) is 8.40. The molecule has 0 fully saturated rings. The van der Waals surface area contributed by atoms with Crippen LogP contribution in [0, 0.1) is 0 Å². The lowest BCUT2D eigenvalue weighted by Gasteiger charge is -2.21. The van der Waals surface area contributed by atoms with E-state index in [9.17, 15) is 22.0 Å². The van der Waals surface area contributed by atoms with Crippen molar-refractivity contribution >= 4 is 6.21 Å². The molecule has 0 spiro atoms. The first-order chi connectivity index (χ1) is 10.1. The van der Waals surface area contributed by atoms with Crippen LogP contribution in [0.25, 0.3) is 0 Å². The number of hydrogen-bond acceptors (Lipinski definition) is 2. The van der Waals surface area contributed by atoms with Gasteiger partial charge in [-0.2, -0.15) is 22.0 Å². The van der Waals surface area contributed by atoms with Crippen molar-refractivity contribution in [2.24, 2.45) is 0 Å². The molecular formula is C14H24F5N2O+. The summed E-state index contributed by atoms with van der Waals surface area (Å²) >= 11 is 0. The third-order valence-electron chi connectivity index (χ3n) is 3.08. The van der Waals surface area contributed by atoms with Gasteiger partial charge in [0, 0.05) is 19.3 Å². The van der Waals surface area contributed by atoms with E-state index in [2.05, 4.69) is 0 Å². The fourth-order valence-electron chi connectivity index (χ4n) is 1.54. The molecule has 0 aromatic heterocycles. The lowest BCUT2D eigenvalue weighted by molar-refractivity contribution is -0.516. The van der Waals surface area contributed by atoms with E-state index in [4.69, 9.17) is 4.74 Å². The van der Waals surface area contributed by atoms with Crippen LogP contribution in [0.4, 0.5) is 22.0 Å². The Hall–Kier alpha value is -1.34. The molecule has 0 aliphatic carbocycles. The molecule has 8 heteroatoms. The highest BCUT2D eigenvalue weighted by molar-refractivity contribution is 5.71. The van der Waals surface area contributed by atoms with Gasteiger partial charge in [0.15, 0.2) is 12.4 Å². The normalized spacial score (nSPS) is 13.0. The van der Waals surface area contributed by atoms with Gasteiger partial charge in [-0.15, -0.1) is 0 Å². The molecular weight excluding hydrogens is 307 g/mol. The van der Waals surface area contributed by atoms with E-state index in [0.29, 0.717) is 26.2 Å². The molecule has 22 heavy (non-hydrogen) atoms. The second kappa shape index (κ2) is 8.95. The fraction of sp³-hybridized carbons (Fsp3) is 0.786. The zero-order valence-electron chi connectivity index (χ0n) is 13.4. The van der Waals surface area contributed by atoms with E-state index >= 15 is 0 Å². The van der Waals surface area contributed by atoms with Gasteiger partial charge in [0.1, 0.15) is 13.1 Å². The maximum absolute atomic E-state index is 13.0. The molecule has 0 amide bonds. The van der Waals surface area contributed by atoms with Crippen molar-refractivity contribution in [2.45, 2.75) is 39.8 Å². The van der Waals surface area contributed by atoms with Gasteiger partial charge in [0.05, 0.1) is 0 Å². The molecule has 0 aliphatic heterocycles. The molecule has 0 N–H and O–H groups in total. The highest BCUT2D eigenvalue weighted by atomic mass is 19.4. The predicted octanol–water partition coefficient (Wildman–Crippen LogP) is 3.51. The number of alkyl halides is 5. The Morgan fingerprint density at radius 1 is 1.00 bits per heavy atom. The molecule has 0 atom stereocenters. The van der Waals surface area contributed by atoms with Crippen LogP contribution in [0.5, 0.6) is 0 Å². The molecule has 0 aromatic rings. The summed E-state index contributed by atoms with van der Waals surface area (Å²) in [6.45, 7) is 8.01. The van der Waals surface area contributed by atoms with Gasteiger partial charge in [0.25, 0.3) is 0 Å². The average Bonchev–Trinajstić information content (AvgIpc) is 2.45. The van der Waals surface area contributed by atoms with Gasteiger partial charge < -0.3 is 9.64 Å². The number of ether oxygens (including phenoxy) is 1. The van der Waals surface area contributed by atoms with E-state index in [1.165, 1.54) is 12.4 Å². The quantitative estimate of drug-likeness (QED) is 0.278. The van der Waals surface area contributed by atoms with Crippen LogP contribution in [0.15, 0.2) is 12.0 Å². The van der Waals surface area contributed by atoms with E-state index in [0.717, 1.165) is 0 Å². The minimum atomic E-state index is -5.62. The molecule has 0 aliphatic rings. The summed E-state index contributed by atoms with van der Waals surface area (Å²) in [6.07, 6.45) is -2.72. The first kappa shape index (κ1) is 20.7. The van der Waals surface area contributed by atoms with Gasteiger partial charge in [0.2, 0.25) is 6.21 Å². The molecule has 0 heterocycles. The largest absolute Gasteiger partial charge is 0.480 e. The number of halogens is 5. The summed E-state index contributed by atoms with van der Waals surface area (Å²) in [5, 5.41) is 0. The maximum Gasteiger partial charge on any atom is 0.456 e. The van der Waals surface area contributed by atoms with Gasteiger partial charge in [-0.3, -0.25) is 0 Å². The van der Waals surface area contributed by atoms with Crippen LogP contribution in [-0.2, 0) is 4.74 Å². The van der Waals surface area contributed by atoms with Crippen LogP contribution in [0.1, 0.15) is 27.7 Å². The lowest BCUT2D eigenvalue weighted by Crippen LogP contribution is -2.41. The Morgan fingerprint density at radius 3 is 1.86 bits per heavy atom. The smallest absolute Gasteiger partial charge is 0.456 e. The van der Waals surface area contributed by atoms with Crippen LogP contribution in [-0.4, -0.2) is 60.6 Å². The summed E-state index contributed by atoms with van der Waals surface area (Å²) < 4.78 is 69.0. The second-order valence-electron chi connectivity index (χ2n) is 4.59. The predicted molar refractivity (Wildman–Crippen MR) is 75.4 cm³/mol. The molecule has 0 rings (SSSR count). The van der Waals surface area contributed by atoms with Gasteiger partial charge in [-0.25, -0.2) is 4.58 Å². The van der Waals surface area contributed by atoms with Crippen LogP contribution in [0.2, 0.25) is 0 Å². The molecule has 0 saturated heterocycles. The molecule has 0 bridgehead atoms. The fourth-order valence-corrected chi connectivity index (χ4v) is 1.54. The minimum Gasteiger partial charge on any atom is -0.480 e. The van der Waals surface area contributed by atoms with Crippen LogP contribution < -0.4 is 0 Å².